The van der Waals surface area contributed by atoms with E-state index >= 15 is 0 Å². The maximum absolute atomic E-state index is 11.8. The third kappa shape index (κ3) is 3.06. The Morgan fingerprint density at radius 2 is 2.06 bits per heavy atom. The minimum atomic E-state index is 0.241. The highest BCUT2D eigenvalue weighted by Crippen LogP contribution is 2.35. The van der Waals surface area contributed by atoms with Gasteiger partial charge in [-0.2, -0.15) is 0 Å². The van der Waals surface area contributed by atoms with Crippen molar-refractivity contribution < 1.29 is 4.79 Å². The molecule has 1 saturated carbocycles. The molecule has 0 aliphatic heterocycles. The van der Waals surface area contributed by atoms with Crippen molar-refractivity contribution in [1.29, 1.82) is 0 Å². The molecule has 2 rings (SSSR count). The Labute approximate surface area is 104 Å². The Balaban J connectivity index is 2.05. The molecule has 1 nitrogen and oxygen atoms in total. The maximum atomic E-state index is 11.8. The van der Waals surface area contributed by atoms with Crippen LogP contribution in [0.5, 0.6) is 0 Å². The summed E-state index contributed by atoms with van der Waals surface area (Å²) in [5.41, 5.74) is 1.39. The summed E-state index contributed by atoms with van der Waals surface area (Å²) < 4.78 is 0. The number of hydrogen-bond acceptors (Lipinski definition) is 1. The molecule has 0 amide bonds. The SMILES string of the molecule is CC=CCC1CC(c2ccccc2)CCC1=O. The molecule has 0 N–H and O–H groups in total. The average molecular weight is 228 g/mol. The molecule has 0 spiro atoms. The molecule has 17 heavy (non-hydrogen) atoms. The highest BCUT2D eigenvalue weighted by molar-refractivity contribution is 5.82. The van der Waals surface area contributed by atoms with Crippen molar-refractivity contribution in [2.24, 2.45) is 5.92 Å². The van der Waals surface area contributed by atoms with Gasteiger partial charge in [-0.1, -0.05) is 42.5 Å². The maximum Gasteiger partial charge on any atom is 0.136 e. The Bertz CT molecular complexity index is 391. The molecular formula is C16H20O. The number of rotatable bonds is 3. The van der Waals surface area contributed by atoms with Gasteiger partial charge in [-0.05, 0) is 37.7 Å². The van der Waals surface area contributed by atoms with E-state index < -0.39 is 0 Å². The van der Waals surface area contributed by atoms with Crippen LogP contribution in [0, 0.1) is 5.92 Å². The van der Waals surface area contributed by atoms with Gasteiger partial charge in [-0.25, -0.2) is 0 Å². The first-order chi connectivity index (χ1) is 8.31. The average Bonchev–Trinajstić information content (AvgIpc) is 2.39. The zero-order valence-electron chi connectivity index (χ0n) is 10.4. The van der Waals surface area contributed by atoms with E-state index in [0.717, 1.165) is 25.7 Å². The summed E-state index contributed by atoms with van der Waals surface area (Å²) in [5.74, 6) is 1.27. The fourth-order valence-electron chi connectivity index (χ4n) is 2.67. The van der Waals surface area contributed by atoms with E-state index in [1.54, 1.807) is 0 Å². The Kier molecular flexibility index (Phi) is 4.13. The molecule has 1 heteroatoms. The summed E-state index contributed by atoms with van der Waals surface area (Å²) in [5, 5.41) is 0. The zero-order chi connectivity index (χ0) is 12.1. The molecule has 0 heterocycles. The molecule has 2 atom stereocenters. The van der Waals surface area contributed by atoms with Gasteiger partial charge in [-0.3, -0.25) is 4.79 Å². The van der Waals surface area contributed by atoms with Gasteiger partial charge < -0.3 is 0 Å². The van der Waals surface area contributed by atoms with Crippen molar-refractivity contribution >= 4 is 5.78 Å². The second-order valence-corrected chi connectivity index (χ2v) is 4.85. The largest absolute Gasteiger partial charge is 0.299 e. The highest BCUT2D eigenvalue weighted by Gasteiger charge is 2.28. The standard InChI is InChI=1S/C16H20O/c1-2-3-7-15-12-14(10-11-16(15)17)13-8-5-4-6-9-13/h2-6,8-9,14-15H,7,10-12H2,1H3. The normalized spacial score (nSPS) is 25.4. The summed E-state index contributed by atoms with van der Waals surface area (Å²) >= 11 is 0. The number of carbonyl (C=O) groups excluding carboxylic acids is 1. The van der Waals surface area contributed by atoms with E-state index in [1.165, 1.54) is 5.56 Å². The minimum absolute atomic E-state index is 0.241. The quantitative estimate of drug-likeness (QED) is 0.712. The highest BCUT2D eigenvalue weighted by atomic mass is 16.1. The van der Waals surface area contributed by atoms with Crippen molar-refractivity contribution in [2.45, 2.75) is 38.5 Å². The van der Waals surface area contributed by atoms with Gasteiger partial charge in [0, 0.05) is 12.3 Å². The second-order valence-electron chi connectivity index (χ2n) is 4.85. The first-order valence-electron chi connectivity index (χ1n) is 6.50. The topological polar surface area (TPSA) is 17.1 Å². The van der Waals surface area contributed by atoms with Gasteiger partial charge in [0.05, 0.1) is 0 Å². The van der Waals surface area contributed by atoms with E-state index in [1.807, 2.05) is 13.0 Å². The fourth-order valence-corrected chi connectivity index (χ4v) is 2.67. The lowest BCUT2D eigenvalue weighted by molar-refractivity contribution is -0.124. The molecule has 0 saturated heterocycles. The van der Waals surface area contributed by atoms with Crippen LogP contribution in [0.15, 0.2) is 42.5 Å². The van der Waals surface area contributed by atoms with Crippen molar-refractivity contribution in [3.05, 3.63) is 48.0 Å². The first-order valence-corrected chi connectivity index (χ1v) is 6.50. The Morgan fingerprint density at radius 3 is 2.76 bits per heavy atom. The van der Waals surface area contributed by atoms with Crippen molar-refractivity contribution in [2.75, 3.05) is 0 Å². The Morgan fingerprint density at radius 1 is 1.29 bits per heavy atom. The van der Waals surface area contributed by atoms with Gasteiger partial charge in [0.1, 0.15) is 5.78 Å². The molecular weight excluding hydrogens is 208 g/mol. The fraction of sp³-hybridized carbons (Fsp3) is 0.438. The number of allylic oxidation sites excluding steroid dienone is 2. The van der Waals surface area contributed by atoms with Crippen molar-refractivity contribution in [3.8, 4) is 0 Å². The summed E-state index contributed by atoms with van der Waals surface area (Å²) in [6.07, 6.45) is 7.87. The molecule has 1 aromatic carbocycles. The van der Waals surface area contributed by atoms with E-state index in [2.05, 4.69) is 36.4 Å². The van der Waals surface area contributed by atoms with Crippen LogP contribution in [0.4, 0.5) is 0 Å². The van der Waals surface area contributed by atoms with Gasteiger partial charge in [0.15, 0.2) is 0 Å². The molecule has 1 fully saturated rings. The summed E-state index contributed by atoms with van der Waals surface area (Å²) in [6, 6.07) is 10.6. The van der Waals surface area contributed by atoms with Crippen LogP contribution in [-0.2, 0) is 4.79 Å². The van der Waals surface area contributed by atoms with Crippen LogP contribution >= 0.6 is 0 Å². The first kappa shape index (κ1) is 12.1. The van der Waals surface area contributed by atoms with E-state index in [0.29, 0.717) is 11.7 Å². The van der Waals surface area contributed by atoms with E-state index in [9.17, 15) is 4.79 Å². The van der Waals surface area contributed by atoms with Crippen LogP contribution in [0.25, 0.3) is 0 Å². The lowest BCUT2D eigenvalue weighted by atomic mass is 9.76. The molecule has 0 aromatic heterocycles. The molecule has 2 unspecified atom stereocenters. The van der Waals surface area contributed by atoms with Crippen LogP contribution in [0.1, 0.15) is 44.1 Å². The van der Waals surface area contributed by atoms with Crippen LogP contribution in [0.3, 0.4) is 0 Å². The third-order valence-corrected chi connectivity index (χ3v) is 3.69. The summed E-state index contributed by atoms with van der Waals surface area (Å²) in [6.45, 7) is 2.02. The minimum Gasteiger partial charge on any atom is -0.299 e. The lowest BCUT2D eigenvalue weighted by Gasteiger charge is -2.27. The summed E-state index contributed by atoms with van der Waals surface area (Å²) in [4.78, 5) is 11.8. The molecule has 1 aliphatic rings. The van der Waals surface area contributed by atoms with E-state index in [-0.39, 0.29) is 5.92 Å². The van der Waals surface area contributed by atoms with Crippen LogP contribution in [0.2, 0.25) is 0 Å². The number of ketones is 1. The van der Waals surface area contributed by atoms with Gasteiger partial charge in [0.25, 0.3) is 0 Å². The van der Waals surface area contributed by atoms with Gasteiger partial charge in [-0.15, -0.1) is 0 Å². The number of benzene rings is 1. The summed E-state index contributed by atoms with van der Waals surface area (Å²) in [7, 11) is 0. The van der Waals surface area contributed by atoms with Crippen molar-refractivity contribution in [1.82, 2.24) is 0 Å². The third-order valence-electron chi connectivity index (χ3n) is 3.69. The second kappa shape index (κ2) is 5.81. The molecule has 0 bridgehead atoms. The Hall–Kier alpha value is -1.37. The zero-order valence-corrected chi connectivity index (χ0v) is 10.4. The molecule has 1 aliphatic carbocycles. The monoisotopic (exact) mass is 228 g/mol. The molecule has 0 radical (unpaired) electrons. The van der Waals surface area contributed by atoms with Gasteiger partial charge in [0.2, 0.25) is 0 Å². The lowest BCUT2D eigenvalue weighted by Crippen LogP contribution is -2.23. The number of carbonyl (C=O) groups is 1. The predicted octanol–water partition coefficient (Wildman–Crippen LogP) is 4.11. The van der Waals surface area contributed by atoms with E-state index in [4.69, 9.17) is 0 Å². The van der Waals surface area contributed by atoms with Crippen molar-refractivity contribution in [3.63, 3.8) is 0 Å². The van der Waals surface area contributed by atoms with Crippen LogP contribution in [-0.4, -0.2) is 5.78 Å². The smallest absolute Gasteiger partial charge is 0.136 e. The number of hydrogen-bond donors (Lipinski definition) is 0. The molecule has 1 aromatic rings. The predicted molar refractivity (Wildman–Crippen MR) is 71.0 cm³/mol. The molecule has 90 valence electrons. The van der Waals surface area contributed by atoms with Gasteiger partial charge >= 0.3 is 0 Å². The van der Waals surface area contributed by atoms with Crippen LogP contribution < -0.4 is 0 Å². The number of Topliss-reactive ketones (excluding diaryl/α,β-unsaturated/α-hetero) is 1.